The topological polar surface area (TPSA) is 45.2 Å². The van der Waals surface area contributed by atoms with Gasteiger partial charge in [-0.15, -0.1) is 0 Å². The molecule has 24 heavy (non-hydrogen) atoms. The SMILES string of the molecule is Cc1ccccc1C1CCCN1C(=O)Nc1ncc(C(F)(F)F)s1. The molecule has 8 heteroatoms. The van der Waals surface area contributed by atoms with E-state index in [0.29, 0.717) is 17.9 Å². The predicted molar refractivity (Wildman–Crippen MR) is 86.0 cm³/mol. The summed E-state index contributed by atoms with van der Waals surface area (Å²) in [6.07, 6.45) is -2.01. The highest BCUT2D eigenvalue weighted by Gasteiger charge is 2.34. The highest BCUT2D eigenvalue weighted by Crippen LogP contribution is 2.36. The molecule has 1 aromatic heterocycles. The first-order valence-corrected chi connectivity index (χ1v) is 8.34. The Morgan fingerprint density at radius 3 is 2.79 bits per heavy atom. The van der Waals surface area contributed by atoms with E-state index in [1.165, 1.54) is 0 Å². The molecular formula is C16H16F3N3OS. The highest BCUT2D eigenvalue weighted by atomic mass is 32.1. The summed E-state index contributed by atoms with van der Waals surface area (Å²) in [5.41, 5.74) is 2.16. The van der Waals surface area contributed by atoms with Crippen molar-refractivity contribution in [3.05, 3.63) is 46.5 Å². The number of carbonyl (C=O) groups excluding carboxylic acids is 1. The molecule has 0 spiro atoms. The van der Waals surface area contributed by atoms with Crippen molar-refractivity contribution in [1.29, 1.82) is 0 Å². The van der Waals surface area contributed by atoms with Gasteiger partial charge < -0.3 is 4.90 Å². The molecule has 1 atom stereocenters. The molecule has 0 bridgehead atoms. The monoisotopic (exact) mass is 355 g/mol. The number of aryl methyl sites for hydroxylation is 1. The third-order valence-corrected chi connectivity index (χ3v) is 5.02. The Bertz CT molecular complexity index is 744. The van der Waals surface area contributed by atoms with Crippen molar-refractivity contribution in [1.82, 2.24) is 9.88 Å². The molecule has 2 amide bonds. The van der Waals surface area contributed by atoms with Gasteiger partial charge in [-0.2, -0.15) is 13.2 Å². The van der Waals surface area contributed by atoms with Crippen molar-refractivity contribution in [2.45, 2.75) is 32.0 Å². The van der Waals surface area contributed by atoms with Crippen LogP contribution < -0.4 is 5.32 Å². The van der Waals surface area contributed by atoms with E-state index in [0.717, 1.165) is 30.2 Å². The maximum Gasteiger partial charge on any atom is 0.427 e. The van der Waals surface area contributed by atoms with Gasteiger partial charge in [0.05, 0.1) is 12.2 Å². The number of rotatable bonds is 2. The van der Waals surface area contributed by atoms with Gasteiger partial charge in [-0.3, -0.25) is 5.32 Å². The Hall–Kier alpha value is -2.09. The van der Waals surface area contributed by atoms with Crippen molar-refractivity contribution < 1.29 is 18.0 Å². The van der Waals surface area contributed by atoms with Crippen LogP contribution in [0.4, 0.5) is 23.1 Å². The summed E-state index contributed by atoms with van der Waals surface area (Å²) in [5.74, 6) is 0. The number of urea groups is 1. The number of hydrogen-bond donors (Lipinski definition) is 1. The summed E-state index contributed by atoms with van der Waals surface area (Å²) < 4.78 is 37.8. The smallest absolute Gasteiger partial charge is 0.317 e. The van der Waals surface area contributed by atoms with Crippen LogP contribution >= 0.6 is 11.3 Å². The van der Waals surface area contributed by atoms with Gasteiger partial charge in [0.2, 0.25) is 0 Å². The van der Waals surface area contributed by atoms with Crippen LogP contribution in [0.5, 0.6) is 0 Å². The lowest BCUT2D eigenvalue weighted by Crippen LogP contribution is -2.34. The summed E-state index contributed by atoms with van der Waals surface area (Å²) >= 11 is 0.432. The third kappa shape index (κ3) is 3.38. The lowest BCUT2D eigenvalue weighted by atomic mass is 9.99. The van der Waals surface area contributed by atoms with Crippen LogP contribution in [0.3, 0.4) is 0 Å². The maximum atomic E-state index is 12.6. The molecule has 0 saturated carbocycles. The highest BCUT2D eigenvalue weighted by molar-refractivity contribution is 7.15. The summed E-state index contributed by atoms with van der Waals surface area (Å²) in [7, 11) is 0. The van der Waals surface area contributed by atoms with Crippen LogP contribution in [0.25, 0.3) is 0 Å². The molecule has 0 aliphatic carbocycles. The minimum Gasteiger partial charge on any atom is -0.317 e. The molecule has 2 aromatic rings. The molecule has 4 nitrogen and oxygen atoms in total. The number of likely N-dealkylation sites (tertiary alicyclic amines) is 1. The Morgan fingerprint density at radius 1 is 1.38 bits per heavy atom. The van der Waals surface area contributed by atoms with Gasteiger partial charge in [-0.05, 0) is 30.9 Å². The van der Waals surface area contributed by atoms with E-state index in [1.807, 2.05) is 31.2 Å². The average Bonchev–Trinajstić information content (AvgIpc) is 3.16. The predicted octanol–water partition coefficient (Wildman–Crippen LogP) is 4.84. The average molecular weight is 355 g/mol. The number of alkyl halides is 3. The first-order valence-electron chi connectivity index (χ1n) is 7.52. The van der Waals surface area contributed by atoms with E-state index in [-0.39, 0.29) is 11.2 Å². The molecule has 1 N–H and O–H groups in total. The van der Waals surface area contributed by atoms with E-state index >= 15 is 0 Å². The van der Waals surface area contributed by atoms with Crippen molar-refractivity contribution in [3.63, 3.8) is 0 Å². The second kappa shape index (κ2) is 6.43. The minimum absolute atomic E-state index is 0.0391. The second-order valence-electron chi connectivity index (χ2n) is 5.67. The summed E-state index contributed by atoms with van der Waals surface area (Å²) in [6.45, 7) is 2.56. The zero-order chi connectivity index (χ0) is 17.3. The zero-order valence-electron chi connectivity index (χ0n) is 12.9. The van der Waals surface area contributed by atoms with Crippen molar-refractivity contribution >= 4 is 22.5 Å². The largest absolute Gasteiger partial charge is 0.427 e. The van der Waals surface area contributed by atoms with Crippen molar-refractivity contribution in [2.24, 2.45) is 0 Å². The normalized spacial score (nSPS) is 18.0. The number of nitrogens with one attached hydrogen (secondary N) is 1. The van der Waals surface area contributed by atoms with E-state index < -0.39 is 17.1 Å². The number of halogens is 3. The minimum atomic E-state index is -4.45. The fourth-order valence-corrected chi connectivity index (χ4v) is 3.59. The number of anilines is 1. The molecule has 1 aliphatic rings. The quantitative estimate of drug-likeness (QED) is 0.838. The van der Waals surface area contributed by atoms with Crippen LogP contribution in [0.15, 0.2) is 30.5 Å². The van der Waals surface area contributed by atoms with E-state index in [4.69, 9.17) is 0 Å². The molecule has 1 unspecified atom stereocenters. The molecule has 1 aromatic carbocycles. The number of hydrogen-bond acceptors (Lipinski definition) is 3. The Balaban J connectivity index is 1.75. The molecule has 1 saturated heterocycles. The fourth-order valence-electron chi connectivity index (χ4n) is 2.92. The third-order valence-electron chi connectivity index (χ3n) is 4.06. The Labute approximate surface area is 141 Å². The van der Waals surface area contributed by atoms with Crippen LogP contribution in [0, 0.1) is 6.92 Å². The van der Waals surface area contributed by atoms with Crippen molar-refractivity contribution in [2.75, 3.05) is 11.9 Å². The molecule has 3 rings (SSSR count). The van der Waals surface area contributed by atoms with Crippen LogP contribution in [-0.4, -0.2) is 22.5 Å². The van der Waals surface area contributed by atoms with Crippen LogP contribution in [0.1, 0.15) is 34.9 Å². The van der Waals surface area contributed by atoms with Gasteiger partial charge in [0.15, 0.2) is 5.13 Å². The van der Waals surface area contributed by atoms with Gasteiger partial charge in [-0.1, -0.05) is 35.6 Å². The lowest BCUT2D eigenvalue weighted by Gasteiger charge is -2.26. The standard InChI is InChI=1S/C16H16F3N3OS/c1-10-5-2-3-6-11(10)12-7-4-8-22(12)15(23)21-14-20-9-13(24-14)16(17,18)19/h2-3,5-6,9,12H,4,7-8H2,1H3,(H,20,21,23). The number of nitrogens with zero attached hydrogens (tertiary/aromatic N) is 2. The second-order valence-corrected chi connectivity index (χ2v) is 6.70. The van der Waals surface area contributed by atoms with Crippen molar-refractivity contribution in [3.8, 4) is 0 Å². The molecule has 1 fully saturated rings. The number of aromatic nitrogens is 1. The molecule has 1 aliphatic heterocycles. The number of thiazole rings is 1. The van der Waals surface area contributed by atoms with Gasteiger partial charge in [0, 0.05) is 6.54 Å². The van der Waals surface area contributed by atoms with Gasteiger partial charge in [-0.25, -0.2) is 9.78 Å². The summed E-state index contributed by atoms with van der Waals surface area (Å²) in [5, 5.41) is 2.45. The zero-order valence-corrected chi connectivity index (χ0v) is 13.7. The number of amides is 2. The molecule has 2 heterocycles. The summed E-state index contributed by atoms with van der Waals surface area (Å²) in [4.78, 5) is 17.0. The first-order chi connectivity index (χ1) is 11.4. The van der Waals surface area contributed by atoms with Gasteiger partial charge >= 0.3 is 12.2 Å². The maximum absolute atomic E-state index is 12.6. The summed E-state index contributed by atoms with van der Waals surface area (Å²) in [6, 6.07) is 7.35. The van der Waals surface area contributed by atoms with E-state index in [9.17, 15) is 18.0 Å². The molecule has 128 valence electrons. The van der Waals surface area contributed by atoms with E-state index in [1.54, 1.807) is 4.90 Å². The van der Waals surface area contributed by atoms with E-state index in [2.05, 4.69) is 10.3 Å². The van der Waals surface area contributed by atoms with Gasteiger partial charge in [0.25, 0.3) is 0 Å². The van der Waals surface area contributed by atoms with Crippen LogP contribution in [-0.2, 0) is 6.18 Å². The number of carbonyl (C=O) groups is 1. The first kappa shape index (κ1) is 16.8. The Kier molecular flexibility index (Phi) is 4.49. The lowest BCUT2D eigenvalue weighted by molar-refractivity contribution is -0.134. The molecule has 0 radical (unpaired) electrons. The fraction of sp³-hybridized carbons (Fsp3) is 0.375. The van der Waals surface area contributed by atoms with Crippen LogP contribution in [0.2, 0.25) is 0 Å². The van der Waals surface area contributed by atoms with Gasteiger partial charge in [0.1, 0.15) is 4.88 Å². The number of benzene rings is 1. The Morgan fingerprint density at radius 2 is 2.12 bits per heavy atom. The molecular weight excluding hydrogens is 339 g/mol.